The zero-order valence-corrected chi connectivity index (χ0v) is 24.3. The molecule has 10 nitrogen and oxygen atoms in total. The number of methoxy groups -OCH3 is 1. The van der Waals surface area contributed by atoms with Crippen LogP contribution in [0.4, 0.5) is 17.1 Å². The van der Waals surface area contributed by atoms with Gasteiger partial charge < -0.3 is 10.1 Å². The predicted octanol–water partition coefficient (Wildman–Crippen LogP) is 7.01. The largest absolute Gasteiger partial charge is 0.497 e. The molecule has 0 bridgehead atoms. The molecule has 1 amide bonds. The van der Waals surface area contributed by atoms with E-state index in [9.17, 15) is 14.9 Å². The van der Waals surface area contributed by atoms with Gasteiger partial charge in [-0.05, 0) is 61.0 Å². The van der Waals surface area contributed by atoms with E-state index in [1.54, 1.807) is 49.7 Å². The molecule has 0 aliphatic heterocycles. The Morgan fingerprint density at radius 1 is 1.10 bits per heavy atom. The van der Waals surface area contributed by atoms with Crippen LogP contribution in [0.25, 0.3) is 10.2 Å². The summed E-state index contributed by atoms with van der Waals surface area (Å²) in [6, 6.07) is 17.7. The van der Waals surface area contributed by atoms with Gasteiger partial charge in [0.25, 0.3) is 5.69 Å². The fourth-order valence-corrected chi connectivity index (χ4v) is 7.20. The summed E-state index contributed by atoms with van der Waals surface area (Å²) < 4.78 is 7.48. The highest BCUT2D eigenvalue weighted by molar-refractivity contribution is 8.01. The monoisotopic (exact) mass is 608 g/mol. The lowest BCUT2D eigenvalue weighted by molar-refractivity contribution is -0.387. The highest BCUT2D eigenvalue weighted by Gasteiger charge is 2.17. The quantitative estimate of drug-likeness (QED) is 0.0769. The average Bonchev–Trinajstić information content (AvgIpc) is 3.56. The van der Waals surface area contributed by atoms with Crippen molar-refractivity contribution in [3.05, 3.63) is 81.3 Å². The van der Waals surface area contributed by atoms with Crippen molar-refractivity contribution in [2.24, 2.45) is 4.99 Å². The van der Waals surface area contributed by atoms with Crippen LogP contribution in [0.5, 0.6) is 5.75 Å². The molecule has 0 aliphatic rings. The number of benzene rings is 3. The highest BCUT2D eigenvalue weighted by atomic mass is 32.2. The average molecular weight is 609 g/mol. The lowest BCUT2D eigenvalue weighted by atomic mass is 10.2. The van der Waals surface area contributed by atoms with Crippen molar-refractivity contribution in [3.63, 3.8) is 0 Å². The highest BCUT2D eigenvalue weighted by Crippen LogP contribution is 2.37. The van der Waals surface area contributed by atoms with E-state index >= 15 is 0 Å². The van der Waals surface area contributed by atoms with Gasteiger partial charge in [0.2, 0.25) is 5.91 Å². The molecule has 0 saturated heterocycles. The van der Waals surface area contributed by atoms with Gasteiger partial charge in [0, 0.05) is 18.0 Å². The molecule has 0 atom stereocenters. The molecule has 2 heterocycles. The first-order valence-corrected chi connectivity index (χ1v) is 15.1. The van der Waals surface area contributed by atoms with Gasteiger partial charge in [0.15, 0.2) is 8.68 Å². The molecule has 5 aromatic rings. The molecular formula is C26H20N6O4S4. The standard InChI is InChI=1S/C26H20N6O4S4/c1-15-30-31-26(38-15)39-22-10-3-16(11-21(22)32(34)35)13-27-18-6-9-20-23(12-18)40-25(29-20)37-14-24(33)28-17-4-7-19(36-2)8-5-17/h3-13H,14H2,1-2H3,(H,28,33). The third-order valence-electron chi connectivity index (χ3n) is 5.30. The van der Waals surface area contributed by atoms with Crippen LogP contribution in [0.2, 0.25) is 0 Å². The van der Waals surface area contributed by atoms with E-state index in [0.29, 0.717) is 26.2 Å². The van der Waals surface area contributed by atoms with E-state index in [2.05, 4.69) is 25.5 Å². The number of nitro groups is 1. The van der Waals surface area contributed by atoms with Crippen molar-refractivity contribution < 1.29 is 14.5 Å². The number of carbonyl (C=O) groups is 1. The number of aromatic nitrogens is 3. The SMILES string of the molecule is COc1ccc(NC(=O)CSc2nc3ccc(N=Cc4ccc(Sc5nnc(C)s5)c([N+](=O)[O-])c4)cc3s2)cc1. The molecule has 0 radical (unpaired) electrons. The molecule has 202 valence electrons. The molecule has 0 spiro atoms. The number of carbonyl (C=O) groups excluding carboxylic acids is 1. The van der Waals surface area contributed by atoms with E-state index in [1.807, 2.05) is 25.1 Å². The summed E-state index contributed by atoms with van der Waals surface area (Å²) in [5.41, 5.74) is 2.79. The number of anilines is 1. The van der Waals surface area contributed by atoms with Gasteiger partial charge in [-0.25, -0.2) is 4.98 Å². The second-order valence-electron chi connectivity index (χ2n) is 8.13. The van der Waals surface area contributed by atoms with Crippen molar-refractivity contribution in [2.45, 2.75) is 20.5 Å². The summed E-state index contributed by atoms with van der Waals surface area (Å²) in [7, 11) is 1.59. The molecule has 0 unspecified atom stereocenters. The first-order valence-electron chi connectivity index (χ1n) is 11.6. The van der Waals surface area contributed by atoms with Gasteiger partial charge in [-0.1, -0.05) is 40.9 Å². The van der Waals surface area contributed by atoms with Crippen LogP contribution in [0.15, 0.2) is 79.2 Å². The number of amides is 1. The van der Waals surface area contributed by atoms with Crippen molar-refractivity contribution in [3.8, 4) is 5.75 Å². The second kappa shape index (κ2) is 12.6. The maximum Gasteiger partial charge on any atom is 0.283 e. The van der Waals surface area contributed by atoms with Crippen LogP contribution in [-0.2, 0) is 4.79 Å². The van der Waals surface area contributed by atoms with Crippen molar-refractivity contribution in [2.75, 3.05) is 18.2 Å². The van der Waals surface area contributed by atoms with E-state index in [1.165, 1.54) is 52.3 Å². The van der Waals surface area contributed by atoms with E-state index in [4.69, 9.17) is 4.74 Å². The number of ether oxygens (including phenoxy) is 1. The van der Waals surface area contributed by atoms with Crippen LogP contribution in [0, 0.1) is 17.0 Å². The van der Waals surface area contributed by atoms with Gasteiger partial charge >= 0.3 is 0 Å². The van der Waals surface area contributed by atoms with E-state index in [-0.39, 0.29) is 17.3 Å². The van der Waals surface area contributed by atoms with Gasteiger partial charge in [0.1, 0.15) is 10.8 Å². The van der Waals surface area contributed by atoms with Crippen LogP contribution in [0.3, 0.4) is 0 Å². The maximum atomic E-state index is 12.4. The zero-order chi connectivity index (χ0) is 28.1. The number of aryl methyl sites for hydroxylation is 1. The number of thioether (sulfide) groups is 1. The van der Waals surface area contributed by atoms with Crippen LogP contribution in [-0.4, -0.2) is 45.1 Å². The number of fused-ring (bicyclic) bond motifs is 1. The smallest absolute Gasteiger partial charge is 0.283 e. The molecule has 2 aromatic heterocycles. The Morgan fingerprint density at radius 3 is 2.65 bits per heavy atom. The number of hydrogen-bond donors (Lipinski definition) is 1. The van der Waals surface area contributed by atoms with E-state index < -0.39 is 4.92 Å². The number of nitrogens with zero attached hydrogens (tertiary/aromatic N) is 5. The van der Waals surface area contributed by atoms with Crippen LogP contribution >= 0.6 is 46.2 Å². The van der Waals surface area contributed by atoms with Gasteiger partial charge in [0.05, 0.1) is 38.6 Å². The number of rotatable bonds is 10. The minimum Gasteiger partial charge on any atom is -0.497 e. The summed E-state index contributed by atoms with van der Waals surface area (Å²) in [6.07, 6.45) is 1.60. The van der Waals surface area contributed by atoms with Crippen molar-refractivity contribution in [1.29, 1.82) is 0 Å². The summed E-state index contributed by atoms with van der Waals surface area (Å²) in [5, 5.41) is 23.3. The predicted molar refractivity (Wildman–Crippen MR) is 161 cm³/mol. The maximum absolute atomic E-state index is 12.4. The van der Waals surface area contributed by atoms with Gasteiger partial charge in [-0.15, -0.1) is 21.5 Å². The Morgan fingerprint density at radius 2 is 1.93 bits per heavy atom. The molecule has 0 aliphatic carbocycles. The fraction of sp³-hybridized carbons (Fsp3) is 0.115. The lowest BCUT2D eigenvalue weighted by Gasteiger charge is -2.05. The Balaban J connectivity index is 1.23. The van der Waals surface area contributed by atoms with Gasteiger partial charge in [-0.3, -0.25) is 19.9 Å². The number of nitro benzene ring substituents is 1. The number of nitrogens with one attached hydrogen (secondary N) is 1. The first-order chi connectivity index (χ1) is 19.4. The molecule has 0 saturated carbocycles. The minimum atomic E-state index is -0.409. The lowest BCUT2D eigenvalue weighted by Crippen LogP contribution is -2.13. The topological polar surface area (TPSA) is 132 Å². The molecule has 40 heavy (non-hydrogen) atoms. The molecule has 5 rings (SSSR count). The Bertz CT molecular complexity index is 1720. The molecule has 3 aromatic carbocycles. The number of hydrogen-bond acceptors (Lipinski definition) is 12. The summed E-state index contributed by atoms with van der Waals surface area (Å²) in [4.78, 5) is 33.2. The summed E-state index contributed by atoms with van der Waals surface area (Å²) in [6.45, 7) is 1.84. The Hall–Kier alpha value is -3.85. The van der Waals surface area contributed by atoms with E-state index in [0.717, 1.165) is 25.3 Å². The van der Waals surface area contributed by atoms with Crippen LogP contribution in [0.1, 0.15) is 10.6 Å². The third-order valence-corrected chi connectivity index (χ3v) is 9.42. The molecule has 0 fully saturated rings. The zero-order valence-electron chi connectivity index (χ0n) is 21.1. The summed E-state index contributed by atoms with van der Waals surface area (Å²) >= 11 is 5.44. The normalized spacial score (nSPS) is 11.2. The molecule has 14 heteroatoms. The first kappa shape index (κ1) is 27.7. The minimum absolute atomic E-state index is 0.0163. The Labute approximate surface area is 245 Å². The third kappa shape index (κ3) is 7.01. The second-order valence-corrected chi connectivity index (χ2v) is 12.9. The number of thiazole rings is 1. The molecule has 1 N–H and O–H groups in total. The van der Waals surface area contributed by atoms with Gasteiger partial charge in [-0.2, -0.15) is 0 Å². The van der Waals surface area contributed by atoms with Crippen LogP contribution < -0.4 is 10.1 Å². The Kier molecular flexibility index (Phi) is 8.69. The fourth-order valence-electron chi connectivity index (χ4n) is 3.44. The van der Waals surface area contributed by atoms with Crippen molar-refractivity contribution in [1.82, 2.24) is 15.2 Å². The van der Waals surface area contributed by atoms with Crippen molar-refractivity contribution >= 4 is 85.6 Å². The molecular weight excluding hydrogens is 589 g/mol. The summed E-state index contributed by atoms with van der Waals surface area (Å²) in [5.74, 6) is 0.818. The number of aliphatic imine (C=N–C) groups is 1.